The number of aromatic nitrogens is 3. The monoisotopic (exact) mass is 439 g/mol. The predicted molar refractivity (Wildman–Crippen MR) is 126 cm³/mol. The van der Waals surface area contributed by atoms with Crippen LogP contribution in [0.15, 0.2) is 48.8 Å². The van der Waals surface area contributed by atoms with Crippen molar-refractivity contribution in [3.8, 4) is 17.3 Å². The van der Waals surface area contributed by atoms with Gasteiger partial charge in [0.15, 0.2) is 0 Å². The second kappa shape index (κ2) is 8.87. The summed E-state index contributed by atoms with van der Waals surface area (Å²) in [5, 5.41) is 15.4. The van der Waals surface area contributed by atoms with Gasteiger partial charge in [0.25, 0.3) is 0 Å². The molecule has 0 spiro atoms. The first-order valence-electron chi connectivity index (χ1n) is 11.2. The van der Waals surface area contributed by atoms with Crippen LogP contribution in [-0.2, 0) is 4.79 Å². The highest BCUT2D eigenvalue weighted by molar-refractivity contribution is 5.73. The summed E-state index contributed by atoms with van der Waals surface area (Å²) in [6, 6.07) is 14.0. The van der Waals surface area contributed by atoms with Gasteiger partial charge in [0.1, 0.15) is 17.5 Å². The van der Waals surface area contributed by atoms with Crippen LogP contribution in [0.4, 0.5) is 17.5 Å². The second-order valence-corrected chi connectivity index (χ2v) is 8.65. The van der Waals surface area contributed by atoms with E-state index in [2.05, 4.69) is 43.7 Å². The molecule has 1 saturated carbocycles. The van der Waals surface area contributed by atoms with Crippen LogP contribution in [0.2, 0.25) is 0 Å². The summed E-state index contributed by atoms with van der Waals surface area (Å²) in [6.07, 6.45) is 6.77. The van der Waals surface area contributed by atoms with Crippen molar-refractivity contribution in [2.45, 2.75) is 38.1 Å². The van der Waals surface area contributed by atoms with Crippen molar-refractivity contribution in [2.24, 2.45) is 0 Å². The zero-order valence-electron chi connectivity index (χ0n) is 18.5. The highest BCUT2D eigenvalue weighted by Gasteiger charge is 2.26. The number of nitriles is 1. The highest BCUT2D eigenvalue weighted by atomic mass is 16.1. The lowest BCUT2D eigenvalue weighted by atomic mass is 10.1. The SMILES string of the molecule is CC(=O)N[C@H]1CCN(c2ccc(-c3cc(C4CC4)cc(Nc4cc(C#N)ccn4)n3)cn2)C1. The van der Waals surface area contributed by atoms with Gasteiger partial charge in [-0.05, 0) is 67.1 Å². The van der Waals surface area contributed by atoms with Crippen LogP contribution in [0.1, 0.15) is 43.2 Å². The minimum atomic E-state index is 0.00531. The Hall–Kier alpha value is -3.99. The van der Waals surface area contributed by atoms with Crippen LogP contribution in [0.3, 0.4) is 0 Å². The molecule has 1 amide bonds. The summed E-state index contributed by atoms with van der Waals surface area (Å²) < 4.78 is 0. The third kappa shape index (κ3) is 4.93. The van der Waals surface area contributed by atoms with E-state index >= 15 is 0 Å². The van der Waals surface area contributed by atoms with Gasteiger partial charge in [-0.2, -0.15) is 5.26 Å². The Labute approximate surface area is 192 Å². The maximum atomic E-state index is 11.3. The minimum absolute atomic E-state index is 0.00531. The van der Waals surface area contributed by atoms with Gasteiger partial charge in [0.2, 0.25) is 5.91 Å². The number of hydrogen-bond donors (Lipinski definition) is 2. The van der Waals surface area contributed by atoms with Crippen LogP contribution < -0.4 is 15.5 Å². The number of rotatable bonds is 6. The van der Waals surface area contributed by atoms with Crippen LogP contribution in [0, 0.1) is 11.3 Å². The molecule has 2 N–H and O–H groups in total. The number of carbonyl (C=O) groups excluding carboxylic acids is 1. The molecule has 1 aliphatic heterocycles. The lowest BCUT2D eigenvalue weighted by molar-refractivity contribution is -0.119. The summed E-state index contributed by atoms with van der Waals surface area (Å²) >= 11 is 0. The number of anilines is 3. The van der Waals surface area contributed by atoms with E-state index in [1.807, 2.05) is 18.3 Å². The number of amides is 1. The fraction of sp³-hybridized carbons (Fsp3) is 0.320. The summed E-state index contributed by atoms with van der Waals surface area (Å²) in [7, 11) is 0. The Kier molecular flexibility index (Phi) is 5.61. The molecule has 2 aliphatic rings. The third-order valence-electron chi connectivity index (χ3n) is 6.00. The first-order chi connectivity index (χ1) is 16.1. The lowest BCUT2D eigenvalue weighted by Gasteiger charge is -2.18. The van der Waals surface area contributed by atoms with Gasteiger partial charge in [-0.25, -0.2) is 15.0 Å². The standard InChI is InChI=1S/C25H25N7O/c1-16(33)29-21-7-9-32(15-21)25-5-4-19(14-28-25)22-11-20(18-2-3-18)12-24(30-22)31-23-10-17(13-26)6-8-27-23/h4-6,8,10-12,14,18,21H,2-3,7,9,15H2,1H3,(H,29,33)(H,27,30,31)/t21-/m0/s1. The highest BCUT2D eigenvalue weighted by Crippen LogP contribution is 2.42. The fourth-order valence-corrected chi connectivity index (χ4v) is 4.21. The van der Waals surface area contributed by atoms with Crippen LogP contribution >= 0.6 is 0 Å². The lowest BCUT2D eigenvalue weighted by Crippen LogP contribution is -2.35. The first kappa shape index (κ1) is 20.9. The molecule has 2 fully saturated rings. The summed E-state index contributed by atoms with van der Waals surface area (Å²) in [6.45, 7) is 3.19. The Morgan fingerprint density at radius 3 is 2.73 bits per heavy atom. The Morgan fingerprint density at radius 2 is 2.00 bits per heavy atom. The topological polar surface area (TPSA) is 107 Å². The van der Waals surface area contributed by atoms with E-state index in [-0.39, 0.29) is 11.9 Å². The number of nitrogens with zero attached hydrogens (tertiary/aromatic N) is 5. The molecular weight excluding hydrogens is 414 g/mol. The second-order valence-electron chi connectivity index (χ2n) is 8.65. The third-order valence-corrected chi connectivity index (χ3v) is 6.00. The molecule has 5 rings (SSSR count). The molecule has 3 aromatic rings. The number of nitrogens with one attached hydrogen (secondary N) is 2. The van der Waals surface area contributed by atoms with Gasteiger partial charge in [0, 0.05) is 44.0 Å². The number of pyridine rings is 3. The molecule has 0 radical (unpaired) electrons. The Balaban J connectivity index is 1.37. The predicted octanol–water partition coefficient (Wildman–Crippen LogP) is 3.75. The molecule has 166 valence electrons. The normalized spacial score (nSPS) is 17.5. The van der Waals surface area contributed by atoms with Crippen molar-refractivity contribution in [3.63, 3.8) is 0 Å². The van der Waals surface area contributed by atoms with Crippen LogP contribution in [-0.4, -0.2) is 40.0 Å². The largest absolute Gasteiger partial charge is 0.354 e. The van der Waals surface area contributed by atoms with E-state index < -0.39 is 0 Å². The van der Waals surface area contributed by atoms with E-state index in [0.717, 1.165) is 36.6 Å². The average Bonchev–Trinajstić information content (AvgIpc) is 3.58. The van der Waals surface area contributed by atoms with Gasteiger partial charge in [-0.15, -0.1) is 0 Å². The molecule has 0 unspecified atom stereocenters. The first-order valence-corrected chi connectivity index (χ1v) is 11.2. The van der Waals surface area contributed by atoms with Gasteiger partial charge < -0.3 is 15.5 Å². The van der Waals surface area contributed by atoms with E-state index in [9.17, 15) is 4.79 Å². The zero-order valence-corrected chi connectivity index (χ0v) is 18.5. The molecule has 33 heavy (non-hydrogen) atoms. The molecule has 8 heteroatoms. The molecule has 0 aromatic carbocycles. The van der Waals surface area contributed by atoms with E-state index in [1.165, 1.54) is 18.4 Å². The van der Waals surface area contributed by atoms with Gasteiger partial charge >= 0.3 is 0 Å². The van der Waals surface area contributed by atoms with Crippen molar-refractivity contribution in [3.05, 3.63) is 59.9 Å². The summed E-state index contributed by atoms with van der Waals surface area (Å²) in [4.78, 5) is 27.3. The number of carbonyl (C=O) groups is 1. The number of hydrogen-bond acceptors (Lipinski definition) is 7. The quantitative estimate of drug-likeness (QED) is 0.602. The van der Waals surface area contributed by atoms with Crippen LogP contribution in [0.25, 0.3) is 11.3 Å². The van der Waals surface area contributed by atoms with E-state index in [4.69, 9.17) is 10.2 Å². The van der Waals surface area contributed by atoms with E-state index in [1.54, 1.807) is 25.3 Å². The fourth-order valence-electron chi connectivity index (χ4n) is 4.21. The maximum absolute atomic E-state index is 11.3. The zero-order chi connectivity index (χ0) is 22.8. The molecule has 1 saturated heterocycles. The minimum Gasteiger partial charge on any atom is -0.354 e. The van der Waals surface area contributed by atoms with Crippen molar-refractivity contribution < 1.29 is 4.79 Å². The van der Waals surface area contributed by atoms with Gasteiger partial charge in [-0.1, -0.05) is 0 Å². The molecule has 3 aromatic heterocycles. The van der Waals surface area contributed by atoms with Crippen molar-refractivity contribution in [2.75, 3.05) is 23.3 Å². The molecule has 1 atom stereocenters. The smallest absolute Gasteiger partial charge is 0.217 e. The van der Waals surface area contributed by atoms with Crippen molar-refractivity contribution in [1.82, 2.24) is 20.3 Å². The molecule has 4 heterocycles. The Morgan fingerprint density at radius 1 is 1.12 bits per heavy atom. The summed E-state index contributed by atoms with van der Waals surface area (Å²) in [5.74, 6) is 2.77. The molecule has 1 aliphatic carbocycles. The molecule has 8 nitrogen and oxygen atoms in total. The van der Waals surface area contributed by atoms with Gasteiger partial charge in [-0.3, -0.25) is 4.79 Å². The molecule has 0 bridgehead atoms. The van der Waals surface area contributed by atoms with Crippen molar-refractivity contribution >= 4 is 23.4 Å². The van der Waals surface area contributed by atoms with Gasteiger partial charge in [0.05, 0.1) is 17.3 Å². The van der Waals surface area contributed by atoms with E-state index in [0.29, 0.717) is 23.1 Å². The maximum Gasteiger partial charge on any atom is 0.217 e. The van der Waals surface area contributed by atoms with Crippen LogP contribution in [0.5, 0.6) is 0 Å². The van der Waals surface area contributed by atoms with Crippen molar-refractivity contribution in [1.29, 1.82) is 5.26 Å². The Bertz CT molecular complexity index is 1210. The average molecular weight is 440 g/mol. The summed E-state index contributed by atoms with van der Waals surface area (Å²) in [5.41, 5.74) is 3.60. The molecular formula is C25H25N7O.